The van der Waals surface area contributed by atoms with E-state index in [1.54, 1.807) is 6.07 Å². The minimum Gasteiger partial charge on any atom is -0.397 e. The first-order valence-corrected chi connectivity index (χ1v) is 8.78. The largest absolute Gasteiger partial charge is 0.397 e. The molecule has 0 radical (unpaired) electrons. The van der Waals surface area contributed by atoms with E-state index in [-0.39, 0.29) is 0 Å². The molecule has 1 unspecified atom stereocenters. The van der Waals surface area contributed by atoms with Crippen molar-refractivity contribution in [3.8, 4) is 0 Å². The molecule has 0 amide bonds. The number of benzene rings is 3. The SMILES string of the molecule is Cc1cc(C(O)(c2ccccc2)c2cccc(N)c2N)c(C)c(C)c1C. The molecule has 1 atom stereocenters. The van der Waals surface area contributed by atoms with Crippen molar-refractivity contribution in [2.24, 2.45) is 0 Å². The zero-order valence-corrected chi connectivity index (χ0v) is 15.8. The van der Waals surface area contributed by atoms with Crippen molar-refractivity contribution in [1.82, 2.24) is 0 Å². The van der Waals surface area contributed by atoms with Crippen molar-refractivity contribution >= 4 is 11.4 Å². The third-order valence-electron chi connectivity index (χ3n) is 5.59. The van der Waals surface area contributed by atoms with E-state index in [2.05, 4.69) is 26.8 Å². The van der Waals surface area contributed by atoms with E-state index in [1.165, 1.54) is 11.1 Å². The third-order valence-corrected chi connectivity index (χ3v) is 5.59. The number of rotatable bonds is 3. The standard InChI is InChI=1S/C23H26N2O/c1-14-13-20(17(4)16(3)15(14)2)23(26,18-9-6-5-7-10-18)19-11-8-12-21(24)22(19)25/h5-13,26H,24-25H2,1-4H3. The molecule has 5 N–H and O–H groups in total. The fourth-order valence-corrected chi connectivity index (χ4v) is 3.62. The van der Waals surface area contributed by atoms with Gasteiger partial charge < -0.3 is 16.6 Å². The zero-order chi connectivity index (χ0) is 19.1. The summed E-state index contributed by atoms with van der Waals surface area (Å²) in [6, 6.07) is 17.1. The maximum atomic E-state index is 12.1. The van der Waals surface area contributed by atoms with Crippen LogP contribution in [-0.4, -0.2) is 5.11 Å². The smallest absolute Gasteiger partial charge is 0.142 e. The number of nitrogen functional groups attached to an aromatic ring is 2. The summed E-state index contributed by atoms with van der Waals surface area (Å²) in [6.07, 6.45) is 0. The van der Waals surface area contributed by atoms with Gasteiger partial charge in [0.05, 0.1) is 11.4 Å². The van der Waals surface area contributed by atoms with Crippen LogP contribution in [0.2, 0.25) is 0 Å². The molecule has 26 heavy (non-hydrogen) atoms. The van der Waals surface area contributed by atoms with Crippen LogP contribution in [0.25, 0.3) is 0 Å². The lowest BCUT2D eigenvalue weighted by molar-refractivity contribution is 0.125. The van der Waals surface area contributed by atoms with Crippen molar-refractivity contribution in [2.45, 2.75) is 33.3 Å². The molecule has 0 heterocycles. The molecule has 0 aliphatic rings. The van der Waals surface area contributed by atoms with E-state index < -0.39 is 5.60 Å². The molecule has 134 valence electrons. The summed E-state index contributed by atoms with van der Waals surface area (Å²) in [5.41, 5.74) is 18.7. The molecule has 0 aromatic heterocycles. The van der Waals surface area contributed by atoms with Gasteiger partial charge in [0.2, 0.25) is 0 Å². The summed E-state index contributed by atoms with van der Waals surface area (Å²) in [7, 11) is 0. The highest BCUT2D eigenvalue weighted by Crippen LogP contribution is 2.43. The Morgan fingerprint density at radius 2 is 1.38 bits per heavy atom. The topological polar surface area (TPSA) is 72.3 Å². The Morgan fingerprint density at radius 1 is 0.731 bits per heavy atom. The molecule has 0 fully saturated rings. The number of aliphatic hydroxyl groups is 1. The summed E-state index contributed by atoms with van der Waals surface area (Å²) in [6.45, 7) is 8.32. The third kappa shape index (κ3) is 2.65. The molecule has 0 aliphatic heterocycles. The van der Waals surface area contributed by atoms with Crippen LogP contribution in [0.1, 0.15) is 38.9 Å². The number of anilines is 2. The lowest BCUT2D eigenvalue weighted by Crippen LogP contribution is -2.31. The van der Waals surface area contributed by atoms with Crippen LogP contribution in [0.4, 0.5) is 11.4 Å². The van der Waals surface area contributed by atoms with E-state index in [4.69, 9.17) is 11.5 Å². The molecular formula is C23H26N2O. The Hall–Kier alpha value is -2.78. The van der Waals surface area contributed by atoms with Crippen molar-refractivity contribution < 1.29 is 5.11 Å². The van der Waals surface area contributed by atoms with Gasteiger partial charge >= 0.3 is 0 Å². The normalized spacial score (nSPS) is 13.4. The Bertz CT molecular complexity index is 964. The van der Waals surface area contributed by atoms with E-state index in [1.807, 2.05) is 49.4 Å². The van der Waals surface area contributed by atoms with Crippen molar-refractivity contribution in [3.63, 3.8) is 0 Å². The van der Waals surface area contributed by atoms with Crippen LogP contribution in [0.5, 0.6) is 0 Å². The Labute approximate surface area is 155 Å². The molecule has 3 aromatic carbocycles. The summed E-state index contributed by atoms with van der Waals surface area (Å²) >= 11 is 0. The second-order valence-corrected chi connectivity index (χ2v) is 7.00. The van der Waals surface area contributed by atoms with Crippen molar-refractivity contribution in [2.75, 3.05) is 11.5 Å². The Morgan fingerprint density at radius 3 is 2.04 bits per heavy atom. The summed E-state index contributed by atoms with van der Waals surface area (Å²) in [4.78, 5) is 0. The number of aryl methyl sites for hydroxylation is 1. The number of hydrogen-bond donors (Lipinski definition) is 3. The van der Waals surface area contributed by atoms with Gasteiger partial charge in [0, 0.05) is 5.56 Å². The van der Waals surface area contributed by atoms with Gasteiger partial charge in [0.15, 0.2) is 0 Å². The van der Waals surface area contributed by atoms with Crippen molar-refractivity contribution in [1.29, 1.82) is 0 Å². The van der Waals surface area contributed by atoms with Gasteiger partial charge in [-0.15, -0.1) is 0 Å². The fraction of sp³-hybridized carbons (Fsp3) is 0.217. The second kappa shape index (κ2) is 6.50. The molecule has 0 spiro atoms. The van der Waals surface area contributed by atoms with Crippen LogP contribution in [0.15, 0.2) is 54.6 Å². The van der Waals surface area contributed by atoms with Crippen LogP contribution in [0, 0.1) is 27.7 Å². The lowest BCUT2D eigenvalue weighted by Gasteiger charge is -2.34. The number of nitrogens with two attached hydrogens (primary N) is 2. The molecule has 0 saturated carbocycles. The summed E-state index contributed by atoms with van der Waals surface area (Å²) in [5, 5.41) is 12.1. The average Bonchev–Trinajstić information content (AvgIpc) is 2.65. The van der Waals surface area contributed by atoms with Gasteiger partial charge in [-0.2, -0.15) is 0 Å². The fourth-order valence-electron chi connectivity index (χ4n) is 3.62. The highest BCUT2D eigenvalue weighted by Gasteiger charge is 2.37. The summed E-state index contributed by atoms with van der Waals surface area (Å²) in [5.74, 6) is 0. The highest BCUT2D eigenvalue weighted by molar-refractivity contribution is 5.72. The van der Waals surface area contributed by atoms with Gasteiger partial charge in [-0.25, -0.2) is 0 Å². The van der Waals surface area contributed by atoms with Crippen LogP contribution in [0.3, 0.4) is 0 Å². The van der Waals surface area contributed by atoms with Gasteiger partial charge in [0.1, 0.15) is 5.60 Å². The first kappa shape index (κ1) is 18.0. The molecule has 3 rings (SSSR count). The maximum absolute atomic E-state index is 12.1. The molecule has 3 nitrogen and oxygen atoms in total. The average molecular weight is 346 g/mol. The van der Waals surface area contributed by atoms with Crippen LogP contribution < -0.4 is 11.5 Å². The molecule has 3 aromatic rings. The molecule has 0 bridgehead atoms. The summed E-state index contributed by atoms with van der Waals surface area (Å²) < 4.78 is 0. The van der Waals surface area contributed by atoms with Gasteiger partial charge in [-0.05, 0) is 67.1 Å². The van der Waals surface area contributed by atoms with Gasteiger partial charge in [0.25, 0.3) is 0 Å². The van der Waals surface area contributed by atoms with E-state index in [0.717, 1.165) is 22.3 Å². The minimum absolute atomic E-state index is 0.411. The quantitative estimate of drug-likeness (QED) is 0.487. The first-order valence-electron chi connectivity index (χ1n) is 8.78. The highest BCUT2D eigenvalue weighted by atomic mass is 16.3. The van der Waals surface area contributed by atoms with Gasteiger partial charge in [-0.1, -0.05) is 48.5 Å². The number of para-hydroxylation sites is 1. The Kier molecular flexibility index (Phi) is 4.51. The molecule has 3 heteroatoms. The van der Waals surface area contributed by atoms with Crippen LogP contribution in [-0.2, 0) is 5.60 Å². The lowest BCUT2D eigenvalue weighted by atomic mass is 9.75. The maximum Gasteiger partial charge on any atom is 0.142 e. The van der Waals surface area contributed by atoms with Gasteiger partial charge in [-0.3, -0.25) is 0 Å². The minimum atomic E-state index is -1.38. The monoisotopic (exact) mass is 346 g/mol. The molecule has 0 aliphatic carbocycles. The van der Waals surface area contributed by atoms with Crippen molar-refractivity contribution in [3.05, 3.63) is 93.5 Å². The van der Waals surface area contributed by atoms with E-state index >= 15 is 0 Å². The zero-order valence-electron chi connectivity index (χ0n) is 15.8. The first-order chi connectivity index (χ1) is 12.3. The van der Waals surface area contributed by atoms with Crippen LogP contribution >= 0.6 is 0 Å². The number of hydrogen-bond acceptors (Lipinski definition) is 3. The molecular weight excluding hydrogens is 320 g/mol. The predicted molar refractivity (Wildman–Crippen MR) is 109 cm³/mol. The second-order valence-electron chi connectivity index (χ2n) is 7.00. The predicted octanol–water partition coefficient (Wildman–Crippen LogP) is 4.37. The van der Waals surface area contributed by atoms with E-state index in [0.29, 0.717) is 16.9 Å². The van der Waals surface area contributed by atoms with E-state index in [9.17, 15) is 5.11 Å². The Balaban J connectivity index is 2.43. The molecule has 0 saturated heterocycles.